The van der Waals surface area contributed by atoms with E-state index in [0.29, 0.717) is 30.3 Å². The fourth-order valence-corrected chi connectivity index (χ4v) is 3.91. The smallest absolute Gasteiger partial charge is 0.291 e. The van der Waals surface area contributed by atoms with Crippen LogP contribution in [-0.2, 0) is 6.42 Å². The Morgan fingerprint density at radius 1 is 1.29 bits per heavy atom. The molecule has 1 aliphatic heterocycles. The number of aromatic nitrogens is 3. The van der Waals surface area contributed by atoms with Gasteiger partial charge in [-0.15, -0.1) is 0 Å². The van der Waals surface area contributed by atoms with Crippen LogP contribution in [0.25, 0.3) is 11.1 Å². The summed E-state index contributed by atoms with van der Waals surface area (Å²) in [5.74, 6) is 1.15. The summed E-state index contributed by atoms with van der Waals surface area (Å²) >= 11 is 0. The molecule has 1 amide bonds. The molecular weight excluding hydrogens is 352 g/mol. The molecule has 0 bridgehead atoms. The summed E-state index contributed by atoms with van der Waals surface area (Å²) in [4.78, 5) is 19.3. The van der Waals surface area contributed by atoms with Crippen LogP contribution in [0.5, 0.6) is 0 Å². The van der Waals surface area contributed by atoms with E-state index in [9.17, 15) is 4.79 Å². The molecule has 0 radical (unpaired) electrons. The fraction of sp³-hybridized carbons (Fsp3) is 0.409. The number of hydrogen-bond acceptors (Lipinski definition) is 4. The molecule has 0 spiro atoms. The number of hydrogen-bond donors (Lipinski definition) is 1. The Hall–Kier alpha value is -2.89. The third-order valence-corrected chi connectivity index (χ3v) is 5.49. The van der Waals surface area contributed by atoms with E-state index >= 15 is 0 Å². The molecule has 2 aromatic heterocycles. The van der Waals surface area contributed by atoms with Crippen molar-refractivity contribution in [2.45, 2.75) is 46.0 Å². The van der Waals surface area contributed by atoms with E-state index in [0.717, 1.165) is 36.2 Å². The van der Waals surface area contributed by atoms with Crippen LogP contribution in [0.15, 0.2) is 34.9 Å². The van der Waals surface area contributed by atoms with Crippen LogP contribution in [0.2, 0.25) is 0 Å². The molecule has 0 saturated carbocycles. The molecule has 4 rings (SSSR count). The number of carbonyl (C=O) groups is 1. The van der Waals surface area contributed by atoms with E-state index in [-0.39, 0.29) is 11.8 Å². The number of nitrogens with one attached hydrogen (secondary N) is 1. The minimum Gasteiger partial charge on any atom is -0.435 e. The van der Waals surface area contributed by atoms with Gasteiger partial charge in [0.25, 0.3) is 5.91 Å². The van der Waals surface area contributed by atoms with Crippen LogP contribution in [0.1, 0.15) is 59.1 Å². The third-order valence-electron chi connectivity index (χ3n) is 5.49. The Morgan fingerprint density at radius 3 is 2.79 bits per heavy atom. The summed E-state index contributed by atoms with van der Waals surface area (Å²) < 4.78 is 5.69. The van der Waals surface area contributed by atoms with Crippen molar-refractivity contribution in [3.63, 3.8) is 0 Å². The first-order valence-electron chi connectivity index (χ1n) is 9.92. The molecule has 1 atom stereocenters. The minimum absolute atomic E-state index is 0.0641. The Balaban J connectivity index is 1.56. The fourth-order valence-electron chi connectivity index (χ4n) is 3.91. The first-order chi connectivity index (χ1) is 13.6. The summed E-state index contributed by atoms with van der Waals surface area (Å²) in [6.07, 6.45) is 4.55. The van der Waals surface area contributed by atoms with E-state index in [2.05, 4.69) is 46.4 Å². The van der Waals surface area contributed by atoms with Gasteiger partial charge in [0.2, 0.25) is 5.76 Å². The van der Waals surface area contributed by atoms with Crippen LogP contribution >= 0.6 is 0 Å². The first kappa shape index (κ1) is 18.5. The predicted molar refractivity (Wildman–Crippen MR) is 107 cm³/mol. The maximum atomic E-state index is 13.0. The van der Waals surface area contributed by atoms with Crippen molar-refractivity contribution in [2.75, 3.05) is 13.1 Å². The van der Waals surface area contributed by atoms with Gasteiger partial charge in [0.15, 0.2) is 5.89 Å². The van der Waals surface area contributed by atoms with Gasteiger partial charge in [-0.25, -0.2) is 4.98 Å². The molecule has 28 heavy (non-hydrogen) atoms. The van der Waals surface area contributed by atoms with Crippen LogP contribution in [-0.4, -0.2) is 39.1 Å². The number of oxazole rings is 1. The molecule has 1 saturated heterocycles. The number of likely N-dealkylation sites (tertiary alicyclic amines) is 1. The van der Waals surface area contributed by atoms with Crippen molar-refractivity contribution in [3.8, 4) is 11.1 Å². The highest BCUT2D eigenvalue weighted by atomic mass is 16.4. The molecule has 6 heteroatoms. The molecule has 0 aliphatic carbocycles. The molecule has 6 nitrogen and oxygen atoms in total. The lowest BCUT2D eigenvalue weighted by molar-refractivity contribution is 0.0671. The number of rotatable bonds is 4. The number of aryl methyl sites for hydroxylation is 3. The second-order valence-electron chi connectivity index (χ2n) is 7.53. The maximum Gasteiger partial charge on any atom is 0.291 e. The van der Waals surface area contributed by atoms with Gasteiger partial charge in [-0.05, 0) is 32.3 Å². The van der Waals surface area contributed by atoms with Gasteiger partial charge in [-0.2, -0.15) is 5.10 Å². The normalized spacial score (nSPS) is 17.1. The average Bonchev–Trinajstić information content (AvgIpc) is 3.35. The quantitative estimate of drug-likeness (QED) is 0.736. The second-order valence-corrected chi connectivity index (χ2v) is 7.53. The first-order valence-corrected chi connectivity index (χ1v) is 9.92. The van der Waals surface area contributed by atoms with E-state index < -0.39 is 0 Å². The average molecular weight is 378 g/mol. The van der Waals surface area contributed by atoms with Crippen molar-refractivity contribution in [1.29, 1.82) is 0 Å². The van der Waals surface area contributed by atoms with Gasteiger partial charge in [-0.1, -0.05) is 36.8 Å². The highest BCUT2D eigenvalue weighted by Gasteiger charge is 2.30. The summed E-state index contributed by atoms with van der Waals surface area (Å²) in [5, 5.41) is 7.48. The van der Waals surface area contributed by atoms with Crippen LogP contribution in [0.4, 0.5) is 0 Å². The largest absolute Gasteiger partial charge is 0.435 e. The van der Waals surface area contributed by atoms with Crippen molar-refractivity contribution in [1.82, 2.24) is 20.1 Å². The summed E-state index contributed by atoms with van der Waals surface area (Å²) in [6.45, 7) is 7.29. The second kappa shape index (κ2) is 7.62. The SMILES string of the molecule is CCc1nc(C)c(C(=O)N2CCCC(c3[nH]ncc3-c3ccc(C)cc3)C2)o1. The maximum absolute atomic E-state index is 13.0. The van der Waals surface area contributed by atoms with E-state index in [1.807, 2.05) is 24.9 Å². The summed E-state index contributed by atoms with van der Waals surface area (Å²) in [5.41, 5.74) is 5.27. The van der Waals surface area contributed by atoms with Crippen molar-refractivity contribution >= 4 is 5.91 Å². The van der Waals surface area contributed by atoms with Crippen molar-refractivity contribution < 1.29 is 9.21 Å². The number of H-pyrrole nitrogens is 1. The van der Waals surface area contributed by atoms with E-state index in [1.165, 1.54) is 5.56 Å². The number of aromatic amines is 1. The van der Waals surface area contributed by atoms with Gasteiger partial charge in [-0.3, -0.25) is 9.89 Å². The molecule has 1 aliphatic rings. The number of benzene rings is 1. The standard InChI is InChI=1S/C22H26N4O2/c1-4-19-24-15(3)21(28-19)22(27)26-11-5-6-17(13-26)20-18(12-23-25-20)16-9-7-14(2)8-10-16/h7-10,12,17H,4-6,11,13H2,1-3H3,(H,23,25). The predicted octanol–water partition coefficient (Wildman–Crippen LogP) is 4.26. The summed E-state index contributed by atoms with van der Waals surface area (Å²) in [7, 11) is 0. The monoisotopic (exact) mass is 378 g/mol. The van der Waals surface area contributed by atoms with Gasteiger partial charge < -0.3 is 9.32 Å². The third kappa shape index (κ3) is 3.46. The van der Waals surface area contributed by atoms with Gasteiger partial charge in [0.05, 0.1) is 11.9 Å². The lowest BCUT2D eigenvalue weighted by Crippen LogP contribution is -2.39. The molecule has 1 fully saturated rings. The van der Waals surface area contributed by atoms with Crippen LogP contribution in [0.3, 0.4) is 0 Å². The zero-order valence-corrected chi connectivity index (χ0v) is 16.7. The van der Waals surface area contributed by atoms with Gasteiger partial charge in [0.1, 0.15) is 0 Å². The highest BCUT2D eigenvalue weighted by molar-refractivity contribution is 5.92. The van der Waals surface area contributed by atoms with Crippen molar-refractivity contribution in [3.05, 3.63) is 59.1 Å². The molecule has 146 valence electrons. The Morgan fingerprint density at radius 2 is 2.07 bits per heavy atom. The Labute approximate surface area is 165 Å². The zero-order valence-electron chi connectivity index (χ0n) is 16.7. The molecular formula is C22H26N4O2. The van der Waals surface area contributed by atoms with Crippen LogP contribution < -0.4 is 0 Å². The molecule has 1 unspecified atom stereocenters. The number of carbonyl (C=O) groups excluding carboxylic acids is 1. The Bertz CT molecular complexity index is 971. The number of nitrogens with zero attached hydrogens (tertiary/aromatic N) is 3. The van der Waals surface area contributed by atoms with Gasteiger partial charge in [0, 0.05) is 36.7 Å². The van der Waals surface area contributed by atoms with Gasteiger partial charge >= 0.3 is 0 Å². The highest BCUT2D eigenvalue weighted by Crippen LogP contribution is 2.33. The van der Waals surface area contributed by atoms with Crippen molar-refractivity contribution in [2.24, 2.45) is 0 Å². The lowest BCUT2D eigenvalue weighted by atomic mass is 9.90. The zero-order chi connectivity index (χ0) is 19.7. The Kier molecular flexibility index (Phi) is 5.03. The topological polar surface area (TPSA) is 75.0 Å². The minimum atomic E-state index is -0.0641. The molecule has 3 heterocycles. The lowest BCUT2D eigenvalue weighted by Gasteiger charge is -2.32. The molecule has 3 aromatic rings. The number of amides is 1. The van der Waals surface area contributed by atoms with E-state index in [1.54, 1.807) is 0 Å². The number of piperidine rings is 1. The van der Waals surface area contributed by atoms with Crippen LogP contribution in [0, 0.1) is 13.8 Å². The van der Waals surface area contributed by atoms with E-state index in [4.69, 9.17) is 4.42 Å². The summed E-state index contributed by atoms with van der Waals surface area (Å²) in [6, 6.07) is 8.47. The molecule has 1 N–H and O–H groups in total. The molecule has 1 aromatic carbocycles.